The maximum atomic E-state index is 12.3. The van der Waals surface area contributed by atoms with Gasteiger partial charge in [-0.25, -0.2) is 9.69 Å². The molecule has 0 aliphatic carbocycles. The molecule has 1 aromatic rings. The first-order chi connectivity index (χ1) is 8.63. The zero-order chi connectivity index (χ0) is 14.8. The van der Waals surface area contributed by atoms with E-state index in [1.807, 2.05) is 52.8 Å². The monoisotopic (exact) mass is 298 g/mol. The highest BCUT2D eigenvalue weighted by atomic mass is 35.5. The summed E-state index contributed by atoms with van der Waals surface area (Å²) in [6, 6.07) is 5.30. The molecule has 112 valence electrons. The molecule has 0 spiro atoms. The topological polar surface area (TPSA) is 82.2 Å². The first kappa shape index (κ1) is 18.2. The zero-order valence-corrected chi connectivity index (χ0v) is 13.4. The van der Waals surface area contributed by atoms with Crippen LogP contribution in [0.2, 0.25) is 0 Å². The first-order valence-electron chi connectivity index (χ1n) is 6.16. The number of amides is 2. The number of guanidine groups is 1. The van der Waals surface area contributed by atoms with Gasteiger partial charge in [-0.15, -0.1) is 12.4 Å². The third-order valence-corrected chi connectivity index (χ3v) is 2.59. The Bertz CT molecular complexity index is 488. The number of benzene rings is 1. The van der Waals surface area contributed by atoms with Gasteiger partial charge < -0.3 is 11.1 Å². The Morgan fingerprint density at radius 3 is 2.05 bits per heavy atom. The molecule has 0 aromatic heterocycles. The number of nitrogens with one attached hydrogen (secondary N) is 2. The summed E-state index contributed by atoms with van der Waals surface area (Å²) in [5.41, 5.74) is 7.65. The fraction of sp³-hybridized carbons (Fsp3) is 0.429. The fourth-order valence-electron chi connectivity index (χ4n) is 1.87. The van der Waals surface area contributed by atoms with E-state index < -0.39 is 6.03 Å². The molecule has 0 aliphatic heterocycles. The van der Waals surface area contributed by atoms with Gasteiger partial charge in [0.05, 0.1) is 5.69 Å². The van der Waals surface area contributed by atoms with Gasteiger partial charge in [-0.2, -0.15) is 0 Å². The lowest BCUT2D eigenvalue weighted by atomic mass is 10.1. The van der Waals surface area contributed by atoms with E-state index >= 15 is 0 Å². The number of nitrogens with two attached hydrogens (primary N) is 1. The predicted octanol–water partition coefficient (Wildman–Crippen LogP) is 2.93. The van der Waals surface area contributed by atoms with Gasteiger partial charge in [0.2, 0.25) is 5.96 Å². The van der Waals surface area contributed by atoms with Crippen LogP contribution >= 0.6 is 12.4 Å². The molecule has 0 heterocycles. The van der Waals surface area contributed by atoms with Gasteiger partial charge >= 0.3 is 6.03 Å². The quantitative estimate of drug-likeness (QED) is 0.550. The van der Waals surface area contributed by atoms with Gasteiger partial charge in [0.15, 0.2) is 0 Å². The molecular formula is C14H23ClN4O. The summed E-state index contributed by atoms with van der Waals surface area (Å²) in [6.07, 6.45) is 0. The third-order valence-electron chi connectivity index (χ3n) is 2.59. The maximum absolute atomic E-state index is 12.3. The fourth-order valence-corrected chi connectivity index (χ4v) is 1.87. The van der Waals surface area contributed by atoms with E-state index in [-0.39, 0.29) is 23.9 Å². The molecule has 0 atom stereocenters. The summed E-state index contributed by atoms with van der Waals surface area (Å²) < 4.78 is 0. The SMILES string of the molecule is Cc1cccc(C)c1N(C(=N)N)C(=O)NC(C)(C)C.Cl. The maximum Gasteiger partial charge on any atom is 0.329 e. The van der Waals surface area contributed by atoms with Crippen LogP contribution in [0.15, 0.2) is 18.2 Å². The smallest absolute Gasteiger partial charge is 0.329 e. The molecule has 0 saturated heterocycles. The lowest BCUT2D eigenvalue weighted by Crippen LogP contribution is -2.53. The van der Waals surface area contributed by atoms with Crippen molar-refractivity contribution in [1.82, 2.24) is 5.32 Å². The van der Waals surface area contributed by atoms with Crippen molar-refractivity contribution in [3.63, 3.8) is 0 Å². The van der Waals surface area contributed by atoms with Gasteiger partial charge in [0.25, 0.3) is 0 Å². The molecule has 0 radical (unpaired) electrons. The summed E-state index contributed by atoms with van der Waals surface area (Å²) in [5, 5.41) is 10.5. The minimum atomic E-state index is -0.391. The molecular weight excluding hydrogens is 276 g/mol. The minimum Gasteiger partial charge on any atom is -0.369 e. The third kappa shape index (κ3) is 4.42. The average Bonchev–Trinajstić information content (AvgIpc) is 2.20. The molecule has 0 fully saturated rings. The van der Waals surface area contributed by atoms with Gasteiger partial charge in [0.1, 0.15) is 0 Å². The first-order valence-corrected chi connectivity index (χ1v) is 6.16. The number of carbonyl (C=O) groups is 1. The number of rotatable bonds is 1. The average molecular weight is 299 g/mol. The molecule has 0 unspecified atom stereocenters. The molecule has 2 amide bonds. The number of halogens is 1. The van der Waals surface area contributed by atoms with E-state index in [1.165, 1.54) is 4.90 Å². The van der Waals surface area contributed by atoms with Crippen LogP contribution in [-0.4, -0.2) is 17.5 Å². The van der Waals surface area contributed by atoms with Crippen LogP contribution in [-0.2, 0) is 0 Å². The van der Waals surface area contributed by atoms with Gasteiger partial charge in [-0.3, -0.25) is 5.41 Å². The molecule has 0 aliphatic rings. The predicted molar refractivity (Wildman–Crippen MR) is 85.8 cm³/mol. The van der Waals surface area contributed by atoms with Crippen LogP contribution in [0.4, 0.5) is 10.5 Å². The van der Waals surface area contributed by atoms with Crippen LogP contribution in [0, 0.1) is 19.3 Å². The van der Waals surface area contributed by atoms with E-state index in [0.717, 1.165) is 11.1 Å². The van der Waals surface area contributed by atoms with Crippen molar-refractivity contribution in [2.24, 2.45) is 5.73 Å². The highest BCUT2D eigenvalue weighted by Gasteiger charge is 2.25. The van der Waals surface area contributed by atoms with Crippen LogP contribution in [0.3, 0.4) is 0 Å². The molecule has 20 heavy (non-hydrogen) atoms. The number of para-hydroxylation sites is 1. The number of carbonyl (C=O) groups excluding carboxylic acids is 1. The van der Waals surface area contributed by atoms with Crippen molar-refractivity contribution < 1.29 is 4.79 Å². The highest BCUT2D eigenvalue weighted by molar-refractivity contribution is 6.14. The van der Waals surface area contributed by atoms with Crippen LogP contribution in [0.25, 0.3) is 0 Å². The normalized spacial score (nSPS) is 10.4. The van der Waals surface area contributed by atoms with Gasteiger partial charge in [-0.05, 0) is 45.7 Å². The largest absolute Gasteiger partial charge is 0.369 e. The number of aryl methyl sites for hydroxylation is 2. The minimum absolute atomic E-state index is 0. The van der Waals surface area contributed by atoms with Gasteiger partial charge in [0, 0.05) is 5.54 Å². The van der Waals surface area contributed by atoms with E-state index in [2.05, 4.69) is 5.32 Å². The Balaban J connectivity index is 0.00000361. The Kier molecular flexibility index (Phi) is 6.03. The van der Waals surface area contributed by atoms with Crippen molar-refractivity contribution in [1.29, 1.82) is 5.41 Å². The summed E-state index contributed by atoms with van der Waals surface area (Å²) >= 11 is 0. The lowest BCUT2D eigenvalue weighted by molar-refractivity contribution is 0.240. The van der Waals surface area contributed by atoms with Crippen LogP contribution in [0.1, 0.15) is 31.9 Å². The second kappa shape index (κ2) is 6.61. The molecule has 1 aromatic carbocycles. The van der Waals surface area contributed by atoms with E-state index in [0.29, 0.717) is 5.69 Å². The molecule has 6 heteroatoms. The molecule has 1 rings (SSSR count). The number of urea groups is 1. The molecule has 4 N–H and O–H groups in total. The molecule has 5 nitrogen and oxygen atoms in total. The molecule has 0 bridgehead atoms. The van der Waals surface area contributed by atoms with Crippen molar-refractivity contribution in [2.45, 2.75) is 40.2 Å². The second-order valence-electron chi connectivity index (χ2n) is 5.64. The van der Waals surface area contributed by atoms with E-state index in [4.69, 9.17) is 11.1 Å². The van der Waals surface area contributed by atoms with Crippen molar-refractivity contribution >= 4 is 30.1 Å². The zero-order valence-electron chi connectivity index (χ0n) is 12.6. The summed E-state index contributed by atoms with van der Waals surface area (Å²) in [5.74, 6) is -0.292. The number of nitrogens with zero attached hydrogens (tertiary/aromatic N) is 1. The lowest BCUT2D eigenvalue weighted by Gasteiger charge is -2.29. The van der Waals surface area contributed by atoms with E-state index in [9.17, 15) is 4.79 Å². The Hall–Kier alpha value is -1.75. The summed E-state index contributed by atoms with van der Waals surface area (Å²) in [6.45, 7) is 9.43. The standard InChI is InChI=1S/C14H22N4O.ClH/c1-9-7-6-8-10(2)11(9)18(12(15)16)13(19)17-14(3,4)5;/h6-8H,1-5H3,(H3,15,16)(H,17,19);1H. The van der Waals surface area contributed by atoms with Crippen LogP contribution in [0.5, 0.6) is 0 Å². The second-order valence-corrected chi connectivity index (χ2v) is 5.64. The number of hydrogen-bond acceptors (Lipinski definition) is 2. The Morgan fingerprint density at radius 2 is 1.70 bits per heavy atom. The molecule has 0 saturated carbocycles. The highest BCUT2D eigenvalue weighted by Crippen LogP contribution is 2.24. The van der Waals surface area contributed by atoms with Gasteiger partial charge in [-0.1, -0.05) is 18.2 Å². The van der Waals surface area contributed by atoms with Crippen LogP contribution < -0.4 is 16.0 Å². The Morgan fingerprint density at radius 1 is 1.25 bits per heavy atom. The summed E-state index contributed by atoms with van der Waals surface area (Å²) in [4.78, 5) is 13.5. The van der Waals surface area contributed by atoms with Crippen molar-refractivity contribution in [3.05, 3.63) is 29.3 Å². The van der Waals surface area contributed by atoms with Crippen molar-refractivity contribution in [3.8, 4) is 0 Å². The summed E-state index contributed by atoms with van der Waals surface area (Å²) in [7, 11) is 0. The number of hydrogen-bond donors (Lipinski definition) is 3. The van der Waals surface area contributed by atoms with E-state index in [1.54, 1.807) is 0 Å². The number of anilines is 1. The van der Waals surface area contributed by atoms with Crippen molar-refractivity contribution in [2.75, 3.05) is 4.90 Å². The Labute approximate surface area is 126 Å².